The highest BCUT2D eigenvalue weighted by Gasteiger charge is 2.37. The van der Waals surface area contributed by atoms with E-state index in [1.165, 1.54) is 0 Å². The second kappa shape index (κ2) is 2.76. The molecule has 2 N–H and O–H groups in total. The zero-order valence-corrected chi connectivity index (χ0v) is 7.54. The van der Waals surface area contributed by atoms with E-state index < -0.39 is 5.60 Å². The van der Waals surface area contributed by atoms with Crippen LogP contribution in [0, 0.1) is 11.8 Å². The molecule has 2 unspecified atom stereocenters. The summed E-state index contributed by atoms with van der Waals surface area (Å²) in [5.74, 6) is 0.461. The first-order valence-electron chi connectivity index (χ1n) is 4.33. The molecule has 0 aromatic heterocycles. The maximum absolute atomic E-state index is 9.72. The molecule has 0 aromatic rings. The van der Waals surface area contributed by atoms with Crippen molar-refractivity contribution in [3.05, 3.63) is 0 Å². The maximum Gasteiger partial charge on any atom is 0.0626 e. The van der Waals surface area contributed by atoms with Gasteiger partial charge in [-0.05, 0) is 31.6 Å². The van der Waals surface area contributed by atoms with E-state index in [1.807, 2.05) is 20.8 Å². The molecule has 11 heavy (non-hydrogen) atoms. The van der Waals surface area contributed by atoms with Crippen molar-refractivity contribution in [3.63, 3.8) is 0 Å². The van der Waals surface area contributed by atoms with E-state index in [1.54, 1.807) is 0 Å². The minimum absolute atomic E-state index is 0.227. The van der Waals surface area contributed by atoms with E-state index in [4.69, 9.17) is 0 Å². The molecule has 2 nitrogen and oxygen atoms in total. The Morgan fingerprint density at radius 2 is 1.55 bits per heavy atom. The van der Waals surface area contributed by atoms with Crippen LogP contribution in [0.15, 0.2) is 0 Å². The summed E-state index contributed by atoms with van der Waals surface area (Å²) in [4.78, 5) is 0. The molecule has 0 aliphatic heterocycles. The van der Waals surface area contributed by atoms with Gasteiger partial charge in [0.2, 0.25) is 0 Å². The van der Waals surface area contributed by atoms with Gasteiger partial charge in [0, 0.05) is 0 Å². The summed E-state index contributed by atoms with van der Waals surface area (Å²) < 4.78 is 0. The first kappa shape index (κ1) is 9.01. The number of aliphatic hydroxyl groups excluding tert-OH is 1. The van der Waals surface area contributed by atoms with Gasteiger partial charge in [0.1, 0.15) is 0 Å². The molecule has 0 heterocycles. The molecule has 0 bridgehead atoms. The van der Waals surface area contributed by atoms with Gasteiger partial charge in [0.05, 0.1) is 11.7 Å². The molecule has 2 atom stereocenters. The van der Waals surface area contributed by atoms with Gasteiger partial charge < -0.3 is 10.2 Å². The van der Waals surface area contributed by atoms with Gasteiger partial charge in [0.15, 0.2) is 0 Å². The lowest BCUT2D eigenvalue weighted by molar-refractivity contribution is -0.0766. The quantitative estimate of drug-likeness (QED) is 0.555. The molecule has 66 valence electrons. The first-order valence-corrected chi connectivity index (χ1v) is 4.33. The Balaban J connectivity index is 2.62. The van der Waals surface area contributed by atoms with E-state index in [-0.39, 0.29) is 17.9 Å². The first-order chi connectivity index (χ1) is 4.92. The van der Waals surface area contributed by atoms with Gasteiger partial charge in [-0.1, -0.05) is 13.8 Å². The third-order valence-electron chi connectivity index (χ3n) is 2.69. The van der Waals surface area contributed by atoms with Crippen LogP contribution in [0.3, 0.4) is 0 Å². The van der Waals surface area contributed by atoms with Gasteiger partial charge >= 0.3 is 0 Å². The molecule has 1 rings (SSSR count). The average Bonchev–Trinajstić information content (AvgIpc) is 1.81. The van der Waals surface area contributed by atoms with Crippen molar-refractivity contribution in [1.29, 1.82) is 0 Å². The predicted molar refractivity (Wildman–Crippen MR) is 44.2 cm³/mol. The van der Waals surface area contributed by atoms with Crippen molar-refractivity contribution in [2.75, 3.05) is 0 Å². The van der Waals surface area contributed by atoms with Crippen LogP contribution in [0.1, 0.15) is 33.6 Å². The predicted octanol–water partition coefficient (Wildman–Crippen LogP) is 1.16. The highest BCUT2D eigenvalue weighted by Crippen LogP contribution is 2.35. The van der Waals surface area contributed by atoms with E-state index >= 15 is 0 Å². The van der Waals surface area contributed by atoms with E-state index in [0.717, 1.165) is 12.8 Å². The molecule has 1 saturated carbocycles. The van der Waals surface area contributed by atoms with Crippen LogP contribution in [-0.4, -0.2) is 21.9 Å². The third kappa shape index (κ3) is 1.94. The van der Waals surface area contributed by atoms with Crippen LogP contribution in [0.2, 0.25) is 0 Å². The Labute approximate surface area is 68.2 Å². The van der Waals surface area contributed by atoms with E-state index in [2.05, 4.69) is 0 Å². The van der Waals surface area contributed by atoms with Crippen LogP contribution < -0.4 is 0 Å². The number of rotatable bonds is 0. The highest BCUT2D eigenvalue weighted by atomic mass is 16.3. The Bertz CT molecular complexity index is 128. The summed E-state index contributed by atoms with van der Waals surface area (Å²) in [6.45, 7) is 5.84. The smallest absolute Gasteiger partial charge is 0.0626 e. The van der Waals surface area contributed by atoms with Crippen molar-refractivity contribution in [1.82, 2.24) is 0 Å². The zero-order chi connectivity index (χ0) is 8.65. The number of hydrogen-bond donors (Lipinski definition) is 2. The highest BCUT2D eigenvalue weighted by molar-refractivity contribution is 4.89. The summed E-state index contributed by atoms with van der Waals surface area (Å²) in [6.07, 6.45) is 1.21. The number of hydrogen-bond acceptors (Lipinski definition) is 2. The Kier molecular flexibility index (Phi) is 2.26. The van der Waals surface area contributed by atoms with Crippen LogP contribution >= 0.6 is 0 Å². The fourth-order valence-electron chi connectivity index (χ4n) is 2.27. The molecule has 0 aromatic carbocycles. The molecule has 0 radical (unpaired) electrons. The summed E-state index contributed by atoms with van der Waals surface area (Å²) in [5.41, 5.74) is -0.557. The fraction of sp³-hybridized carbons (Fsp3) is 1.00. The van der Waals surface area contributed by atoms with Gasteiger partial charge in [0.25, 0.3) is 0 Å². The Morgan fingerprint density at radius 3 is 1.91 bits per heavy atom. The summed E-state index contributed by atoms with van der Waals surface area (Å²) in [7, 11) is 0. The summed E-state index contributed by atoms with van der Waals surface area (Å²) in [5, 5.41) is 19.3. The summed E-state index contributed by atoms with van der Waals surface area (Å²) >= 11 is 0. The van der Waals surface area contributed by atoms with Crippen LogP contribution in [0.25, 0.3) is 0 Å². The Morgan fingerprint density at radius 1 is 1.18 bits per heavy atom. The van der Waals surface area contributed by atoms with Gasteiger partial charge in [-0.15, -0.1) is 0 Å². The molecular weight excluding hydrogens is 140 g/mol. The average molecular weight is 158 g/mol. The van der Waals surface area contributed by atoms with Gasteiger partial charge in [-0.2, -0.15) is 0 Å². The van der Waals surface area contributed by atoms with Crippen molar-refractivity contribution >= 4 is 0 Å². The lowest BCUT2D eigenvalue weighted by Gasteiger charge is -2.39. The molecular formula is C9H18O2. The molecule has 2 heteroatoms. The van der Waals surface area contributed by atoms with E-state index in [0.29, 0.717) is 0 Å². The van der Waals surface area contributed by atoms with Crippen molar-refractivity contribution in [3.8, 4) is 0 Å². The molecule has 1 aliphatic carbocycles. The Hall–Kier alpha value is -0.0800. The van der Waals surface area contributed by atoms with Crippen molar-refractivity contribution in [2.24, 2.45) is 11.8 Å². The lowest BCUT2D eigenvalue weighted by Crippen LogP contribution is -2.43. The molecule has 0 saturated heterocycles. The molecule has 0 amide bonds. The van der Waals surface area contributed by atoms with Crippen LogP contribution in [0.4, 0.5) is 0 Å². The largest absolute Gasteiger partial charge is 0.393 e. The number of aliphatic hydroxyl groups is 2. The lowest BCUT2D eigenvalue weighted by atomic mass is 9.73. The van der Waals surface area contributed by atoms with Gasteiger partial charge in [-0.3, -0.25) is 0 Å². The second-order valence-corrected chi connectivity index (χ2v) is 4.35. The fourth-order valence-corrected chi connectivity index (χ4v) is 2.27. The van der Waals surface area contributed by atoms with Gasteiger partial charge in [-0.25, -0.2) is 0 Å². The van der Waals surface area contributed by atoms with Crippen LogP contribution in [0.5, 0.6) is 0 Å². The molecule has 1 fully saturated rings. The minimum atomic E-state index is -0.557. The molecule has 1 aliphatic rings. The maximum atomic E-state index is 9.72. The van der Waals surface area contributed by atoms with Crippen LogP contribution in [-0.2, 0) is 0 Å². The SMILES string of the molecule is CC1CC(C)(O)CC(C)C1O. The second-order valence-electron chi connectivity index (χ2n) is 4.35. The van der Waals surface area contributed by atoms with Crippen molar-refractivity contribution in [2.45, 2.75) is 45.3 Å². The third-order valence-corrected chi connectivity index (χ3v) is 2.69. The molecule has 0 spiro atoms. The topological polar surface area (TPSA) is 40.5 Å². The van der Waals surface area contributed by atoms with E-state index in [9.17, 15) is 10.2 Å². The normalized spacial score (nSPS) is 52.6. The minimum Gasteiger partial charge on any atom is -0.393 e. The monoisotopic (exact) mass is 158 g/mol. The summed E-state index contributed by atoms with van der Waals surface area (Å²) in [6, 6.07) is 0. The van der Waals surface area contributed by atoms with Crippen molar-refractivity contribution < 1.29 is 10.2 Å². The standard InChI is InChI=1S/C9H18O2/c1-6-4-9(3,11)5-7(2)8(6)10/h6-8,10-11H,4-5H2,1-3H3. The zero-order valence-electron chi connectivity index (χ0n) is 7.54.